The quantitative estimate of drug-likeness (QED) is 0.914. The number of likely N-dealkylation sites (tertiary alicyclic amines) is 1. The Labute approximate surface area is 126 Å². The van der Waals surface area contributed by atoms with Crippen molar-refractivity contribution in [2.24, 2.45) is 5.92 Å². The SMILES string of the molecule is CCn1cc(Br)cc1C(=O)N1CCC(CC(=O)O)CC1. The fourth-order valence-corrected chi connectivity index (χ4v) is 3.13. The summed E-state index contributed by atoms with van der Waals surface area (Å²) in [6.45, 7) is 4.04. The molecule has 0 aliphatic carbocycles. The number of piperidine rings is 1. The number of carboxylic acid groups (broad SMARTS) is 1. The van der Waals surface area contributed by atoms with E-state index in [1.165, 1.54) is 0 Å². The molecule has 0 aromatic carbocycles. The van der Waals surface area contributed by atoms with E-state index in [1.807, 2.05) is 28.7 Å². The number of carbonyl (C=O) groups excluding carboxylic acids is 1. The van der Waals surface area contributed by atoms with E-state index in [2.05, 4.69) is 15.9 Å². The van der Waals surface area contributed by atoms with E-state index in [-0.39, 0.29) is 18.2 Å². The Morgan fingerprint density at radius 3 is 2.60 bits per heavy atom. The van der Waals surface area contributed by atoms with Crippen LogP contribution in [0.2, 0.25) is 0 Å². The first kappa shape index (κ1) is 15.1. The minimum absolute atomic E-state index is 0.0336. The molecule has 1 fully saturated rings. The maximum Gasteiger partial charge on any atom is 0.303 e. The first-order chi connectivity index (χ1) is 9.51. The zero-order valence-corrected chi connectivity index (χ0v) is 13.1. The van der Waals surface area contributed by atoms with Gasteiger partial charge in [0.2, 0.25) is 0 Å². The molecule has 1 aliphatic rings. The van der Waals surface area contributed by atoms with Crippen LogP contribution in [-0.2, 0) is 11.3 Å². The molecule has 5 nitrogen and oxygen atoms in total. The lowest BCUT2D eigenvalue weighted by molar-refractivity contribution is -0.138. The molecular weight excluding hydrogens is 324 g/mol. The van der Waals surface area contributed by atoms with E-state index < -0.39 is 5.97 Å². The summed E-state index contributed by atoms with van der Waals surface area (Å²) in [6.07, 6.45) is 3.65. The van der Waals surface area contributed by atoms with Crippen LogP contribution >= 0.6 is 15.9 Å². The van der Waals surface area contributed by atoms with E-state index in [4.69, 9.17) is 5.11 Å². The number of nitrogens with zero attached hydrogens (tertiary/aromatic N) is 2. The first-order valence-corrected chi connectivity index (χ1v) is 7.67. The predicted octanol–water partition coefficient (Wildman–Crippen LogP) is 2.60. The molecule has 1 aromatic rings. The molecule has 1 aromatic heterocycles. The van der Waals surface area contributed by atoms with Crippen LogP contribution in [0, 0.1) is 5.92 Å². The molecule has 0 radical (unpaired) electrons. The van der Waals surface area contributed by atoms with Crippen LogP contribution in [0.15, 0.2) is 16.7 Å². The third kappa shape index (κ3) is 3.42. The Morgan fingerprint density at radius 1 is 1.40 bits per heavy atom. The highest BCUT2D eigenvalue weighted by Crippen LogP contribution is 2.23. The molecule has 0 spiro atoms. The van der Waals surface area contributed by atoms with Crippen LogP contribution in [0.1, 0.15) is 36.7 Å². The summed E-state index contributed by atoms with van der Waals surface area (Å²) in [5.41, 5.74) is 0.691. The largest absolute Gasteiger partial charge is 0.481 e. The number of carbonyl (C=O) groups is 2. The molecule has 0 saturated carbocycles. The van der Waals surface area contributed by atoms with Crippen LogP contribution in [0.3, 0.4) is 0 Å². The fourth-order valence-electron chi connectivity index (χ4n) is 2.66. The van der Waals surface area contributed by atoms with Crippen LogP contribution < -0.4 is 0 Å². The number of carboxylic acids is 1. The lowest BCUT2D eigenvalue weighted by atomic mass is 9.93. The van der Waals surface area contributed by atoms with Crippen molar-refractivity contribution >= 4 is 27.8 Å². The molecule has 1 saturated heterocycles. The van der Waals surface area contributed by atoms with Crippen molar-refractivity contribution < 1.29 is 14.7 Å². The van der Waals surface area contributed by atoms with Crippen molar-refractivity contribution in [3.63, 3.8) is 0 Å². The van der Waals surface area contributed by atoms with Crippen LogP contribution in [0.4, 0.5) is 0 Å². The number of amides is 1. The second-order valence-corrected chi connectivity index (χ2v) is 6.08. The van der Waals surface area contributed by atoms with Gasteiger partial charge in [0.1, 0.15) is 5.69 Å². The average Bonchev–Trinajstić information content (AvgIpc) is 2.79. The van der Waals surface area contributed by atoms with Crippen LogP contribution in [0.25, 0.3) is 0 Å². The van der Waals surface area contributed by atoms with Crippen molar-refractivity contribution in [3.05, 3.63) is 22.4 Å². The lowest BCUT2D eigenvalue weighted by Gasteiger charge is -2.31. The first-order valence-electron chi connectivity index (χ1n) is 6.88. The predicted molar refractivity (Wildman–Crippen MR) is 78.7 cm³/mol. The van der Waals surface area contributed by atoms with Crippen molar-refractivity contribution in [1.29, 1.82) is 0 Å². The van der Waals surface area contributed by atoms with Gasteiger partial charge < -0.3 is 14.6 Å². The second-order valence-electron chi connectivity index (χ2n) is 5.16. The number of halogens is 1. The van der Waals surface area contributed by atoms with E-state index in [0.29, 0.717) is 18.8 Å². The molecule has 2 heterocycles. The fraction of sp³-hybridized carbons (Fsp3) is 0.571. The molecule has 110 valence electrons. The van der Waals surface area contributed by atoms with Gasteiger partial charge in [-0.1, -0.05) is 0 Å². The number of hydrogen-bond donors (Lipinski definition) is 1. The maximum atomic E-state index is 12.5. The number of aryl methyl sites for hydroxylation is 1. The minimum atomic E-state index is -0.751. The van der Waals surface area contributed by atoms with Crippen molar-refractivity contribution in [3.8, 4) is 0 Å². The van der Waals surface area contributed by atoms with Gasteiger partial charge in [0.25, 0.3) is 5.91 Å². The van der Waals surface area contributed by atoms with Crippen molar-refractivity contribution in [2.45, 2.75) is 32.7 Å². The Hall–Kier alpha value is -1.30. The molecule has 6 heteroatoms. The summed E-state index contributed by atoms with van der Waals surface area (Å²) in [6, 6.07) is 1.84. The summed E-state index contributed by atoms with van der Waals surface area (Å²) in [7, 11) is 0. The summed E-state index contributed by atoms with van der Waals surface area (Å²) in [5, 5.41) is 8.80. The van der Waals surface area contributed by atoms with E-state index in [0.717, 1.165) is 23.9 Å². The molecule has 1 amide bonds. The van der Waals surface area contributed by atoms with Gasteiger partial charge in [0.15, 0.2) is 0 Å². The van der Waals surface area contributed by atoms with Crippen molar-refractivity contribution in [1.82, 2.24) is 9.47 Å². The number of aliphatic carboxylic acids is 1. The van der Waals surface area contributed by atoms with Crippen LogP contribution in [-0.4, -0.2) is 39.5 Å². The van der Waals surface area contributed by atoms with Gasteiger partial charge in [0.05, 0.1) is 0 Å². The highest BCUT2D eigenvalue weighted by molar-refractivity contribution is 9.10. The zero-order valence-electron chi connectivity index (χ0n) is 11.5. The van der Waals surface area contributed by atoms with Gasteiger partial charge in [-0.25, -0.2) is 0 Å². The van der Waals surface area contributed by atoms with Gasteiger partial charge >= 0.3 is 5.97 Å². The Bertz CT molecular complexity index is 505. The normalized spacial score (nSPS) is 16.4. The molecule has 1 aliphatic heterocycles. The number of rotatable bonds is 4. The minimum Gasteiger partial charge on any atom is -0.481 e. The zero-order chi connectivity index (χ0) is 14.7. The van der Waals surface area contributed by atoms with Gasteiger partial charge in [-0.2, -0.15) is 0 Å². The monoisotopic (exact) mass is 342 g/mol. The summed E-state index contributed by atoms with van der Waals surface area (Å²) in [4.78, 5) is 25.0. The highest BCUT2D eigenvalue weighted by atomic mass is 79.9. The van der Waals surface area contributed by atoms with Gasteiger partial charge in [-0.15, -0.1) is 0 Å². The Morgan fingerprint density at radius 2 is 2.05 bits per heavy atom. The number of aromatic nitrogens is 1. The average molecular weight is 343 g/mol. The van der Waals surface area contributed by atoms with Gasteiger partial charge in [0, 0.05) is 36.7 Å². The third-order valence-corrected chi connectivity index (χ3v) is 4.22. The maximum absolute atomic E-state index is 12.5. The summed E-state index contributed by atoms with van der Waals surface area (Å²) < 4.78 is 2.83. The van der Waals surface area contributed by atoms with E-state index >= 15 is 0 Å². The third-order valence-electron chi connectivity index (χ3n) is 3.79. The topological polar surface area (TPSA) is 62.5 Å². The number of hydrogen-bond acceptors (Lipinski definition) is 2. The molecule has 2 rings (SSSR count). The Balaban J connectivity index is 1.99. The van der Waals surface area contributed by atoms with E-state index in [1.54, 1.807) is 0 Å². The Kier molecular flexibility index (Phi) is 4.86. The smallest absolute Gasteiger partial charge is 0.303 e. The molecule has 0 bridgehead atoms. The lowest BCUT2D eigenvalue weighted by Crippen LogP contribution is -2.39. The molecule has 1 N–H and O–H groups in total. The molecule has 0 atom stereocenters. The molecule has 20 heavy (non-hydrogen) atoms. The van der Waals surface area contributed by atoms with Crippen LogP contribution in [0.5, 0.6) is 0 Å². The summed E-state index contributed by atoms with van der Waals surface area (Å²) in [5.74, 6) is -0.522. The molecule has 0 unspecified atom stereocenters. The van der Waals surface area contributed by atoms with Crippen molar-refractivity contribution in [2.75, 3.05) is 13.1 Å². The van der Waals surface area contributed by atoms with Gasteiger partial charge in [-0.3, -0.25) is 9.59 Å². The van der Waals surface area contributed by atoms with E-state index in [9.17, 15) is 9.59 Å². The second kappa shape index (κ2) is 6.43. The summed E-state index contributed by atoms with van der Waals surface area (Å²) >= 11 is 3.40. The molecular formula is C14H19BrN2O3. The van der Waals surface area contributed by atoms with Gasteiger partial charge in [-0.05, 0) is 47.7 Å². The standard InChI is InChI=1S/C14H19BrN2O3/c1-2-16-9-11(15)8-12(16)14(20)17-5-3-10(4-6-17)7-13(18)19/h8-10H,2-7H2,1H3,(H,18,19). The highest BCUT2D eigenvalue weighted by Gasteiger charge is 2.26.